The van der Waals surface area contributed by atoms with E-state index >= 15 is 0 Å². The summed E-state index contributed by atoms with van der Waals surface area (Å²) in [4.78, 5) is 10.4. The Morgan fingerprint density at radius 3 is 1.82 bits per heavy atom. The number of aliphatic carboxylic acids is 1. The highest BCUT2D eigenvalue weighted by Gasteiger charge is 2.13. The van der Waals surface area contributed by atoms with Crippen LogP contribution in [0.2, 0.25) is 0 Å². The first-order valence-corrected chi connectivity index (χ1v) is 5.48. The van der Waals surface area contributed by atoms with E-state index in [1.165, 1.54) is 24.3 Å². The van der Waals surface area contributed by atoms with Gasteiger partial charge in [-0.1, -0.05) is 12.1 Å². The molecule has 0 spiro atoms. The summed E-state index contributed by atoms with van der Waals surface area (Å²) in [5.74, 6) is -0.989. The molecule has 1 aromatic carbocycles. The number of phenols is 1. The van der Waals surface area contributed by atoms with E-state index in [2.05, 4.69) is 0 Å². The number of nitrogens with two attached hydrogens (primary N) is 1. The van der Waals surface area contributed by atoms with Crippen LogP contribution in [-0.2, 0) is 15.2 Å². The van der Waals surface area contributed by atoms with E-state index in [4.69, 9.17) is 33.5 Å². The molecule has 0 fully saturated rings. The molecule has 6 N–H and O–H groups in total. The van der Waals surface area contributed by atoms with Crippen LogP contribution in [0.1, 0.15) is 11.6 Å². The van der Waals surface area contributed by atoms with E-state index in [-0.39, 0.29) is 5.75 Å². The third kappa shape index (κ3) is 8.16. The first kappa shape index (κ1) is 15.3. The first-order chi connectivity index (χ1) is 7.61. The molecule has 0 aliphatic heterocycles. The summed E-state index contributed by atoms with van der Waals surface area (Å²) in [6, 6.07) is 4.74. The quantitative estimate of drug-likeness (QED) is 0.460. The number of hydrogen-bond acceptors (Lipinski definition) is 5. The third-order valence-corrected chi connectivity index (χ3v) is 1.52. The Bertz CT molecular complexity index is 459. The van der Waals surface area contributed by atoms with Crippen LogP contribution in [0.3, 0.4) is 0 Å². The smallest absolute Gasteiger partial charge is 0.394 e. The van der Waals surface area contributed by atoms with Gasteiger partial charge in [0.15, 0.2) is 0 Å². The second-order valence-corrected chi connectivity index (χ2v) is 3.75. The molecule has 9 heteroatoms. The normalized spacial score (nSPS) is 12.2. The summed E-state index contributed by atoms with van der Waals surface area (Å²) in [7, 11) is -4.67. The van der Waals surface area contributed by atoms with Crippen LogP contribution >= 0.6 is 0 Å². The molecule has 0 aromatic heterocycles. The molecule has 0 aliphatic carbocycles. The van der Waals surface area contributed by atoms with Crippen LogP contribution in [0.5, 0.6) is 5.75 Å². The minimum Gasteiger partial charge on any atom is -0.508 e. The SMILES string of the molecule is N[C@@H](C(=O)O)c1ccc(O)cc1.O=S(=O)(O)O. The van der Waals surface area contributed by atoms with Gasteiger partial charge in [-0.15, -0.1) is 0 Å². The van der Waals surface area contributed by atoms with E-state index in [0.29, 0.717) is 5.56 Å². The van der Waals surface area contributed by atoms with E-state index in [1.54, 1.807) is 0 Å². The highest BCUT2D eigenvalue weighted by atomic mass is 32.3. The maximum Gasteiger partial charge on any atom is 0.394 e. The molecule has 96 valence electrons. The van der Waals surface area contributed by atoms with Crippen molar-refractivity contribution in [3.63, 3.8) is 0 Å². The van der Waals surface area contributed by atoms with Crippen LogP contribution in [0.4, 0.5) is 0 Å². The number of carbonyl (C=O) groups is 1. The minimum absolute atomic E-state index is 0.0938. The van der Waals surface area contributed by atoms with Gasteiger partial charge in [0.25, 0.3) is 0 Å². The van der Waals surface area contributed by atoms with E-state index in [1.807, 2.05) is 0 Å². The Morgan fingerprint density at radius 2 is 1.53 bits per heavy atom. The average Bonchev–Trinajstić information content (AvgIpc) is 2.15. The van der Waals surface area contributed by atoms with Crippen molar-refractivity contribution in [2.45, 2.75) is 6.04 Å². The van der Waals surface area contributed by atoms with Crippen molar-refractivity contribution in [2.75, 3.05) is 0 Å². The van der Waals surface area contributed by atoms with Gasteiger partial charge in [0.05, 0.1) is 0 Å². The number of benzene rings is 1. The molecule has 1 rings (SSSR count). The number of rotatable bonds is 2. The lowest BCUT2D eigenvalue weighted by atomic mass is 10.1. The lowest BCUT2D eigenvalue weighted by molar-refractivity contribution is -0.138. The average molecular weight is 265 g/mol. The number of carboxylic acid groups (broad SMARTS) is 1. The number of aromatic hydroxyl groups is 1. The van der Waals surface area contributed by atoms with Gasteiger partial charge < -0.3 is 15.9 Å². The molecule has 0 saturated heterocycles. The molecule has 0 amide bonds. The van der Waals surface area contributed by atoms with Crippen LogP contribution in [-0.4, -0.2) is 33.7 Å². The van der Waals surface area contributed by atoms with Crippen molar-refractivity contribution in [3.8, 4) is 5.75 Å². The van der Waals surface area contributed by atoms with Crippen molar-refractivity contribution in [1.29, 1.82) is 0 Å². The molecule has 1 atom stereocenters. The zero-order chi connectivity index (χ0) is 13.6. The molecule has 0 aliphatic rings. The maximum absolute atomic E-state index is 10.4. The second kappa shape index (κ2) is 6.15. The molecule has 1 aromatic rings. The zero-order valence-corrected chi connectivity index (χ0v) is 9.20. The first-order valence-electron chi connectivity index (χ1n) is 4.08. The van der Waals surface area contributed by atoms with Gasteiger partial charge in [0, 0.05) is 0 Å². The fraction of sp³-hybridized carbons (Fsp3) is 0.125. The van der Waals surface area contributed by atoms with Gasteiger partial charge in [-0.05, 0) is 17.7 Å². The summed E-state index contributed by atoms with van der Waals surface area (Å²) in [5.41, 5.74) is 5.78. The van der Waals surface area contributed by atoms with Gasteiger partial charge >= 0.3 is 16.4 Å². The van der Waals surface area contributed by atoms with Crippen molar-refractivity contribution in [1.82, 2.24) is 0 Å². The summed E-state index contributed by atoms with van der Waals surface area (Å²) >= 11 is 0. The van der Waals surface area contributed by atoms with Crippen LogP contribution in [0, 0.1) is 0 Å². The van der Waals surface area contributed by atoms with E-state index < -0.39 is 22.4 Å². The predicted molar refractivity (Wildman–Crippen MR) is 56.8 cm³/mol. The van der Waals surface area contributed by atoms with Gasteiger partial charge in [-0.2, -0.15) is 8.42 Å². The van der Waals surface area contributed by atoms with Crippen molar-refractivity contribution < 1.29 is 32.5 Å². The molecule has 17 heavy (non-hydrogen) atoms. The van der Waals surface area contributed by atoms with Crippen molar-refractivity contribution >= 4 is 16.4 Å². The fourth-order valence-corrected chi connectivity index (χ4v) is 0.824. The molecule has 0 heterocycles. The highest BCUT2D eigenvalue weighted by molar-refractivity contribution is 7.79. The van der Waals surface area contributed by atoms with Gasteiger partial charge in [0.1, 0.15) is 11.8 Å². The molecule has 0 radical (unpaired) electrons. The van der Waals surface area contributed by atoms with Gasteiger partial charge in [-0.25, -0.2) is 0 Å². The molecule has 0 saturated carbocycles. The predicted octanol–water partition coefficient (Wildman–Crippen LogP) is -0.176. The van der Waals surface area contributed by atoms with Crippen LogP contribution in [0.25, 0.3) is 0 Å². The van der Waals surface area contributed by atoms with Crippen LogP contribution in [0.15, 0.2) is 24.3 Å². The zero-order valence-electron chi connectivity index (χ0n) is 8.39. The minimum atomic E-state index is -4.67. The van der Waals surface area contributed by atoms with E-state index in [0.717, 1.165) is 0 Å². The lowest BCUT2D eigenvalue weighted by Crippen LogP contribution is -2.20. The standard InChI is InChI=1S/C8H9NO3.H2O4S/c9-7(8(11)12)5-1-3-6(10)4-2-5;1-5(2,3)4/h1-4,7,10H,9H2,(H,11,12);(H2,1,2,3,4)/t7-;/m1./s1. The van der Waals surface area contributed by atoms with E-state index in [9.17, 15) is 4.79 Å². The second-order valence-electron chi connectivity index (χ2n) is 2.86. The van der Waals surface area contributed by atoms with Crippen molar-refractivity contribution in [3.05, 3.63) is 29.8 Å². The highest BCUT2D eigenvalue weighted by Crippen LogP contribution is 2.14. The third-order valence-electron chi connectivity index (χ3n) is 1.52. The number of carboxylic acids is 1. The molecular weight excluding hydrogens is 254 g/mol. The summed E-state index contributed by atoms with van der Waals surface area (Å²) in [6.45, 7) is 0. The molecule has 0 bridgehead atoms. The van der Waals surface area contributed by atoms with Gasteiger partial charge in [-0.3, -0.25) is 13.9 Å². The summed E-state index contributed by atoms with van der Waals surface area (Å²) in [6.07, 6.45) is 0. The molecule has 8 nitrogen and oxygen atoms in total. The maximum atomic E-state index is 10.4. The summed E-state index contributed by atoms with van der Waals surface area (Å²) in [5, 5.41) is 17.4. The lowest BCUT2D eigenvalue weighted by Gasteiger charge is -2.05. The number of hydrogen-bond donors (Lipinski definition) is 5. The Morgan fingerprint density at radius 1 is 1.18 bits per heavy atom. The largest absolute Gasteiger partial charge is 0.508 e. The van der Waals surface area contributed by atoms with Crippen LogP contribution < -0.4 is 5.73 Å². The summed E-state index contributed by atoms with van der Waals surface area (Å²) < 4.78 is 31.6. The molecule has 0 unspecified atom stereocenters. The Hall–Kier alpha value is -1.68. The topological polar surface area (TPSA) is 158 Å². The monoisotopic (exact) mass is 265 g/mol. The number of phenolic OH excluding ortho intramolecular Hbond substituents is 1. The molecular formula is C8H11NO7S. The fourth-order valence-electron chi connectivity index (χ4n) is 0.824. The Kier molecular flexibility index (Phi) is 5.55. The Balaban J connectivity index is 0.000000437. The Labute approximate surface area is 96.9 Å². The van der Waals surface area contributed by atoms with Gasteiger partial charge in [0.2, 0.25) is 0 Å². The van der Waals surface area contributed by atoms with Crippen molar-refractivity contribution in [2.24, 2.45) is 5.73 Å².